The van der Waals surface area contributed by atoms with Crippen molar-refractivity contribution in [2.75, 3.05) is 6.61 Å². The third kappa shape index (κ3) is 9.51. The maximum absolute atomic E-state index is 6.87. The summed E-state index contributed by atoms with van der Waals surface area (Å²) in [5.41, 5.74) is 0. The molecule has 5 heteroatoms. The highest BCUT2D eigenvalue weighted by molar-refractivity contribution is 6.74. The molecule has 0 aromatic heterocycles. The lowest BCUT2D eigenvalue weighted by Gasteiger charge is -2.43. The number of rotatable bonds is 14. The zero-order valence-electron chi connectivity index (χ0n) is 22.1. The Morgan fingerprint density at radius 3 is 1.70 bits per heavy atom. The van der Waals surface area contributed by atoms with E-state index in [9.17, 15) is 0 Å². The monoisotopic (exact) mass is 456 g/mol. The first kappa shape index (κ1) is 29.8. The summed E-state index contributed by atoms with van der Waals surface area (Å²) in [6.07, 6.45) is 7.64. The summed E-state index contributed by atoms with van der Waals surface area (Å²) in [4.78, 5) is 0. The summed E-state index contributed by atoms with van der Waals surface area (Å²) in [7, 11) is -3.85. The molecule has 3 atom stereocenters. The molecule has 0 aromatic carbocycles. The van der Waals surface area contributed by atoms with Gasteiger partial charge in [0.2, 0.25) is 0 Å². The van der Waals surface area contributed by atoms with E-state index in [4.69, 9.17) is 13.6 Å². The van der Waals surface area contributed by atoms with Crippen LogP contribution in [0.4, 0.5) is 0 Å². The number of hydrogen-bond acceptors (Lipinski definition) is 3. The summed E-state index contributed by atoms with van der Waals surface area (Å²) in [5.74, 6) is 0. The molecule has 0 aliphatic carbocycles. The van der Waals surface area contributed by atoms with Crippen LogP contribution in [0.3, 0.4) is 0 Å². The van der Waals surface area contributed by atoms with Crippen LogP contribution in [0.25, 0.3) is 0 Å². The fourth-order valence-corrected chi connectivity index (χ4v) is 5.11. The normalized spacial score (nSPS) is 16.8. The first-order chi connectivity index (χ1) is 13.5. The molecule has 0 N–H and O–H groups in total. The highest BCUT2D eigenvalue weighted by atomic mass is 28.4. The van der Waals surface area contributed by atoms with Crippen molar-refractivity contribution >= 4 is 16.6 Å². The topological polar surface area (TPSA) is 27.7 Å². The van der Waals surface area contributed by atoms with Gasteiger partial charge in [-0.3, -0.25) is 0 Å². The Morgan fingerprint density at radius 2 is 1.30 bits per heavy atom. The van der Waals surface area contributed by atoms with Crippen LogP contribution < -0.4 is 0 Å². The van der Waals surface area contributed by atoms with E-state index in [2.05, 4.69) is 87.8 Å². The highest BCUT2D eigenvalue weighted by Gasteiger charge is 2.42. The molecule has 0 aromatic rings. The predicted octanol–water partition coefficient (Wildman–Crippen LogP) is 8.10. The molecule has 0 rings (SSSR count). The molecular formula is C25H52O3Si2. The second kappa shape index (κ2) is 12.1. The van der Waals surface area contributed by atoms with E-state index in [0.717, 1.165) is 25.7 Å². The predicted molar refractivity (Wildman–Crippen MR) is 138 cm³/mol. The second-order valence-electron chi connectivity index (χ2n) is 11.6. The lowest BCUT2D eigenvalue weighted by molar-refractivity contribution is -0.0910. The molecule has 0 bridgehead atoms. The molecule has 30 heavy (non-hydrogen) atoms. The van der Waals surface area contributed by atoms with E-state index >= 15 is 0 Å². The lowest BCUT2D eigenvalue weighted by atomic mass is 10.1. The minimum Gasteiger partial charge on any atom is -0.414 e. The van der Waals surface area contributed by atoms with Gasteiger partial charge in [0.25, 0.3) is 0 Å². The van der Waals surface area contributed by atoms with Crippen LogP contribution in [0.2, 0.25) is 36.3 Å². The smallest absolute Gasteiger partial charge is 0.192 e. The molecule has 0 saturated carbocycles. The summed E-state index contributed by atoms with van der Waals surface area (Å²) >= 11 is 0. The number of ether oxygens (including phenoxy) is 1. The Bertz CT molecular complexity index is 515. The van der Waals surface area contributed by atoms with Crippen LogP contribution in [0.5, 0.6) is 0 Å². The van der Waals surface area contributed by atoms with Crippen LogP contribution in [-0.4, -0.2) is 41.6 Å². The van der Waals surface area contributed by atoms with Crippen LogP contribution in [-0.2, 0) is 13.6 Å². The average molecular weight is 457 g/mol. The van der Waals surface area contributed by atoms with Gasteiger partial charge >= 0.3 is 0 Å². The molecule has 0 amide bonds. The van der Waals surface area contributed by atoms with Crippen molar-refractivity contribution in [3.63, 3.8) is 0 Å². The van der Waals surface area contributed by atoms with Gasteiger partial charge in [0.05, 0.1) is 18.8 Å². The third-order valence-electron chi connectivity index (χ3n) is 6.89. The van der Waals surface area contributed by atoms with Gasteiger partial charge in [0, 0.05) is 0 Å². The van der Waals surface area contributed by atoms with Gasteiger partial charge in [0.15, 0.2) is 16.6 Å². The second-order valence-corrected chi connectivity index (χ2v) is 21.2. The Balaban J connectivity index is 5.81. The maximum Gasteiger partial charge on any atom is 0.192 e. The van der Waals surface area contributed by atoms with E-state index in [1.165, 1.54) is 0 Å². The standard InChI is InChI=1S/C25H52O3Si2/c1-14-17-21(18-15-2)27-23(20-26-29(10,11)24(4,5)6)22(19-16-3)28-30(12,13)25(7,8)9/h14,16,21-23H,1,3,15,17-20H2,2,4-13H3. The SMILES string of the molecule is C=CCC(CCC)OC(CO[Si](C)(C)C(C)(C)C)C(CC=C)O[Si](C)(C)C(C)(C)C. The van der Waals surface area contributed by atoms with Crippen LogP contribution in [0, 0.1) is 0 Å². The number of hydrogen-bond donors (Lipinski definition) is 0. The molecule has 3 unspecified atom stereocenters. The van der Waals surface area contributed by atoms with Crippen molar-refractivity contribution in [2.24, 2.45) is 0 Å². The molecule has 0 heterocycles. The van der Waals surface area contributed by atoms with Crippen molar-refractivity contribution in [1.82, 2.24) is 0 Å². The molecule has 0 radical (unpaired) electrons. The van der Waals surface area contributed by atoms with Crippen molar-refractivity contribution in [3.8, 4) is 0 Å². The van der Waals surface area contributed by atoms with Gasteiger partial charge in [0.1, 0.15) is 6.10 Å². The Morgan fingerprint density at radius 1 is 0.800 bits per heavy atom. The fourth-order valence-electron chi connectivity index (χ4n) is 2.73. The fraction of sp³-hybridized carbons (Fsp3) is 0.840. The van der Waals surface area contributed by atoms with E-state index < -0.39 is 16.6 Å². The van der Waals surface area contributed by atoms with Gasteiger partial charge in [-0.1, -0.05) is 67.0 Å². The molecule has 0 spiro atoms. The quantitative estimate of drug-likeness (QED) is 0.195. The maximum atomic E-state index is 6.87. The summed E-state index contributed by atoms with van der Waals surface area (Å²) < 4.78 is 20.2. The minimum atomic E-state index is -1.96. The summed E-state index contributed by atoms with van der Waals surface area (Å²) in [5, 5.41) is 0.302. The largest absolute Gasteiger partial charge is 0.414 e. The van der Waals surface area contributed by atoms with Gasteiger partial charge in [-0.15, -0.1) is 13.2 Å². The molecule has 178 valence electrons. The first-order valence-electron chi connectivity index (χ1n) is 11.7. The van der Waals surface area contributed by atoms with Crippen molar-refractivity contribution in [2.45, 2.75) is 129 Å². The van der Waals surface area contributed by atoms with E-state index in [-0.39, 0.29) is 28.4 Å². The van der Waals surface area contributed by atoms with E-state index in [0.29, 0.717) is 6.61 Å². The van der Waals surface area contributed by atoms with Crippen molar-refractivity contribution in [1.29, 1.82) is 0 Å². The third-order valence-corrected chi connectivity index (χ3v) is 15.9. The van der Waals surface area contributed by atoms with E-state index in [1.807, 2.05) is 12.2 Å². The lowest BCUT2D eigenvalue weighted by Crippen LogP contribution is -2.51. The molecule has 0 aliphatic heterocycles. The van der Waals surface area contributed by atoms with Crippen molar-refractivity contribution < 1.29 is 13.6 Å². The van der Waals surface area contributed by atoms with Crippen LogP contribution in [0.15, 0.2) is 25.3 Å². The Hall–Kier alpha value is -0.206. The molecular weight excluding hydrogens is 404 g/mol. The zero-order chi connectivity index (χ0) is 23.8. The zero-order valence-corrected chi connectivity index (χ0v) is 24.1. The summed E-state index contributed by atoms with van der Waals surface area (Å²) in [6, 6.07) is 0. The van der Waals surface area contributed by atoms with Gasteiger partial charge in [-0.05, 0) is 55.5 Å². The minimum absolute atomic E-state index is 0.0441. The van der Waals surface area contributed by atoms with Crippen molar-refractivity contribution in [3.05, 3.63) is 25.3 Å². The Kier molecular flexibility index (Phi) is 12.1. The molecule has 0 fully saturated rings. The molecule has 0 saturated heterocycles. The summed E-state index contributed by atoms with van der Waals surface area (Å²) in [6.45, 7) is 33.6. The highest BCUT2D eigenvalue weighted by Crippen LogP contribution is 2.39. The van der Waals surface area contributed by atoms with Crippen LogP contribution in [0.1, 0.15) is 74.1 Å². The van der Waals surface area contributed by atoms with Gasteiger partial charge in [-0.2, -0.15) is 0 Å². The average Bonchev–Trinajstić information content (AvgIpc) is 2.56. The first-order valence-corrected chi connectivity index (χ1v) is 17.5. The van der Waals surface area contributed by atoms with Gasteiger partial charge < -0.3 is 13.6 Å². The van der Waals surface area contributed by atoms with Crippen LogP contribution >= 0.6 is 0 Å². The Labute approximate surface area is 190 Å². The molecule has 3 nitrogen and oxygen atoms in total. The van der Waals surface area contributed by atoms with Gasteiger partial charge in [-0.25, -0.2) is 0 Å². The van der Waals surface area contributed by atoms with E-state index in [1.54, 1.807) is 0 Å². The molecule has 0 aliphatic rings.